The number of hydrogen-bond donors (Lipinski definition) is 2. The summed E-state index contributed by atoms with van der Waals surface area (Å²) in [6.07, 6.45) is -4.42. The number of alkyl halides is 7. The molecule has 17 heteroatoms. The van der Waals surface area contributed by atoms with E-state index in [0.29, 0.717) is 11.2 Å². The van der Waals surface area contributed by atoms with E-state index in [1.54, 1.807) is 6.07 Å². The molecule has 0 aromatic carbocycles. The van der Waals surface area contributed by atoms with Crippen molar-refractivity contribution in [2.45, 2.75) is 88.5 Å². The maximum absolute atomic E-state index is 14.0. The number of hydrogen-bond acceptors (Lipinski definition) is 6. The number of nitrogens with zero attached hydrogens (tertiary/aromatic N) is 6. The van der Waals surface area contributed by atoms with Gasteiger partial charge >= 0.3 is 6.18 Å². The molecule has 3 heterocycles. The Hall–Kier alpha value is -3.79. The van der Waals surface area contributed by atoms with Gasteiger partial charge in [0.15, 0.2) is 5.65 Å². The molecule has 0 bridgehead atoms. The van der Waals surface area contributed by atoms with Gasteiger partial charge in [-0.3, -0.25) is 9.59 Å². The summed E-state index contributed by atoms with van der Waals surface area (Å²) in [7, 11) is 0. The quantitative estimate of drug-likeness (QED) is 0.299. The molecule has 0 spiro atoms. The SMILES string of the molecule is O=C(CCC(F)(F)F)N[C@@H](c1cnn2cc([C@@H](NC(=O)c3ncnn3CC(F)F)C3CCC(F)(F)CC3)nc2c1)C1CC1. The second kappa shape index (κ2) is 12.1. The molecule has 5 rings (SSSR count). The smallest absolute Gasteiger partial charge is 0.349 e. The fourth-order valence-corrected chi connectivity index (χ4v) is 5.37. The van der Waals surface area contributed by atoms with Gasteiger partial charge in [0, 0.05) is 19.3 Å². The van der Waals surface area contributed by atoms with Crippen molar-refractivity contribution in [1.29, 1.82) is 0 Å². The monoisotopic (exact) mass is 618 g/mol. The van der Waals surface area contributed by atoms with Gasteiger partial charge in [-0.25, -0.2) is 36.7 Å². The minimum Gasteiger partial charge on any atom is -0.349 e. The summed E-state index contributed by atoms with van der Waals surface area (Å²) >= 11 is 0. The van der Waals surface area contributed by atoms with Gasteiger partial charge in [-0.15, -0.1) is 0 Å². The van der Waals surface area contributed by atoms with Crippen LogP contribution in [0.3, 0.4) is 0 Å². The molecule has 43 heavy (non-hydrogen) atoms. The summed E-state index contributed by atoms with van der Waals surface area (Å²) in [6, 6.07) is 0.152. The third-order valence-electron chi connectivity index (χ3n) is 7.73. The fraction of sp³-hybridized carbons (Fsp3) is 0.615. The number of halogens is 7. The van der Waals surface area contributed by atoms with E-state index < -0.39 is 80.6 Å². The molecular weight excluding hydrogens is 589 g/mol. The van der Waals surface area contributed by atoms with Crippen LogP contribution in [0.4, 0.5) is 30.7 Å². The number of fused-ring (bicyclic) bond motifs is 1. The normalized spacial score (nSPS) is 19.0. The van der Waals surface area contributed by atoms with Crippen LogP contribution in [0.5, 0.6) is 0 Å². The Labute approximate surface area is 240 Å². The second-order valence-corrected chi connectivity index (χ2v) is 11.1. The van der Waals surface area contributed by atoms with Crippen LogP contribution >= 0.6 is 0 Å². The number of carbonyl (C=O) groups is 2. The third kappa shape index (κ3) is 7.79. The van der Waals surface area contributed by atoms with Gasteiger partial charge < -0.3 is 10.6 Å². The minimum absolute atomic E-state index is 0.0232. The van der Waals surface area contributed by atoms with E-state index in [9.17, 15) is 40.3 Å². The topological polar surface area (TPSA) is 119 Å². The van der Waals surface area contributed by atoms with Crippen LogP contribution < -0.4 is 10.6 Å². The molecule has 2 aliphatic rings. The summed E-state index contributed by atoms with van der Waals surface area (Å²) in [5, 5.41) is 13.4. The van der Waals surface area contributed by atoms with Crippen molar-refractivity contribution < 1.29 is 40.3 Å². The van der Waals surface area contributed by atoms with Crippen LogP contribution in [-0.2, 0) is 11.3 Å². The average Bonchev–Trinajstić information content (AvgIpc) is 3.51. The van der Waals surface area contributed by atoms with Crippen molar-refractivity contribution in [2.75, 3.05) is 0 Å². The molecule has 0 unspecified atom stereocenters. The lowest BCUT2D eigenvalue weighted by molar-refractivity contribution is -0.144. The zero-order chi connectivity index (χ0) is 30.9. The molecule has 234 valence electrons. The summed E-state index contributed by atoms with van der Waals surface area (Å²) in [4.78, 5) is 33.8. The van der Waals surface area contributed by atoms with Crippen molar-refractivity contribution in [3.8, 4) is 0 Å². The van der Waals surface area contributed by atoms with Crippen molar-refractivity contribution in [2.24, 2.45) is 11.8 Å². The molecule has 2 fully saturated rings. The number of nitrogens with one attached hydrogen (secondary N) is 2. The second-order valence-electron chi connectivity index (χ2n) is 11.1. The number of carbonyl (C=O) groups excluding carboxylic acids is 2. The first-order chi connectivity index (χ1) is 20.3. The standard InChI is InChI=1S/C26H29F7N8O2/c27-18(28)12-41-23(34-13-36-41)24(43)39-22(15-3-6-25(29,30)7-4-15)17-11-40-19(37-17)9-16(10-35-40)21(14-1-2-14)38-20(42)5-8-26(31,32)33/h9-11,13-15,18,21-22H,1-8,12H2,(H,38,42)(H,39,43)/t21-,22+/m1/s1. The highest BCUT2D eigenvalue weighted by molar-refractivity contribution is 5.90. The Morgan fingerprint density at radius 3 is 2.37 bits per heavy atom. The van der Waals surface area contributed by atoms with Gasteiger partial charge in [0.25, 0.3) is 12.3 Å². The van der Waals surface area contributed by atoms with Crippen LogP contribution in [-0.4, -0.2) is 59.7 Å². The molecular formula is C26H29F7N8O2. The Balaban J connectivity index is 1.40. The zero-order valence-corrected chi connectivity index (χ0v) is 22.7. The summed E-state index contributed by atoms with van der Waals surface area (Å²) < 4.78 is 93.8. The predicted molar refractivity (Wildman–Crippen MR) is 135 cm³/mol. The molecule has 3 aromatic heterocycles. The van der Waals surface area contributed by atoms with Crippen molar-refractivity contribution in [3.05, 3.63) is 41.9 Å². The van der Waals surface area contributed by atoms with Crippen molar-refractivity contribution >= 4 is 17.5 Å². The van der Waals surface area contributed by atoms with Gasteiger partial charge in [0.2, 0.25) is 17.7 Å². The van der Waals surface area contributed by atoms with Crippen molar-refractivity contribution in [1.82, 2.24) is 40.0 Å². The maximum Gasteiger partial charge on any atom is 0.389 e. The van der Waals surface area contributed by atoms with Crippen LogP contribution in [0.25, 0.3) is 5.65 Å². The Morgan fingerprint density at radius 2 is 1.72 bits per heavy atom. The maximum atomic E-state index is 14.0. The minimum atomic E-state index is -4.46. The molecule has 0 radical (unpaired) electrons. The van der Waals surface area contributed by atoms with E-state index in [4.69, 9.17) is 0 Å². The highest BCUT2D eigenvalue weighted by Crippen LogP contribution is 2.43. The van der Waals surface area contributed by atoms with E-state index in [1.807, 2.05) is 0 Å². The molecule has 0 aliphatic heterocycles. The lowest BCUT2D eigenvalue weighted by Crippen LogP contribution is -2.38. The van der Waals surface area contributed by atoms with Gasteiger partial charge in [-0.2, -0.15) is 23.4 Å². The van der Waals surface area contributed by atoms with Gasteiger partial charge in [0.05, 0.1) is 36.6 Å². The number of imidazole rings is 1. The Morgan fingerprint density at radius 1 is 1.02 bits per heavy atom. The molecule has 2 saturated carbocycles. The summed E-state index contributed by atoms with van der Waals surface area (Å²) in [5.41, 5.74) is 1.11. The largest absolute Gasteiger partial charge is 0.389 e. The Kier molecular flexibility index (Phi) is 8.61. The fourth-order valence-electron chi connectivity index (χ4n) is 5.37. The molecule has 2 amide bonds. The van der Waals surface area contributed by atoms with E-state index in [1.165, 1.54) is 16.9 Å². The highest BCUT2D eigenvalue weighted by atomic mass is 19.4. The molecule has 10 nitrogen and oxygen atoms in total. The third-order valence-corrected chi connectivity index (χ3v) is 7.73. The lowest BCUT2D eigenvalue weighted by Gasteiger charge is -2.33. The molecule has 2 N–H and O–H groups in total. The number of rotatable bonds is 11. The predicted octanol–water partition coefficient (Wildman–Crippen LogP) is 4.79. The van der Waals surface area contributed by atoms with Gasteiger partial charge in [0.1, 0.15) is 12.9 Å². The van der Waals surface area contributed by atoms with E-state index in [0.717, 1.165) is 23.9 Å². The summed E-state index contributed by atoms with van der Waals surface area (Å²) in [5.74, 6) is -5.23. The van der Waals surface area contributed by atoms with Crippen molar-refractivity contribution in [3.63, 3.8) is 0 Å². The van der Waals surface area contributed by atoms with Gasteiger partial charge in [-0.1, -0.05) is 0 Å². The first kappa shape index (κ1) is 30.7. The van der Waals surface area contributed by atoms with Crippen LogP contribution in [0, 0.1) is 11.8 Å². The van der Waals surface area contributed by atoms with Crippen LogP contribution in [0.2, 0.25) is 0 Å². The van der Waals surface area contributed by atoms with Crippen LogP contribution in [0.1, 0.15) is 85.3 Å². The van der Waals surface area contributed by atoms with E-state index in [-0.39, 0.29) is 30.3 Å². The first-order valence-corrected chi connectivity index (χ1v) is 13.8. The van der Waals surface area contributed by atoms with E-state index in [2.05, 4.69) is 30.8 Å². The van der Waals surface area contributed by atoms with Crippen LogP contribution in [0.15, 0.2) is 24.8 Å². The first-order valence-electron chi connectivity index (χ1n) is 13.8. The van der Waals surface area contributed by atoms with Gasteiger partial charge in [-0.05, 0) is 49.1 Å². The molecule has 2 aliphatic carbocycles. The molecule has 2 atom stereocenters. The Bertz CT molecular complexity index is 1440. The zero-order valence-electron chi connectivity index (χ0n) is 22.7. The number of amides is 2. The molecule has 3 aromatic rings. The highest BCUT2D eigenvalue weighted by Gasteiger charge is 2.40. The lowest BCUT2D eigenvalue weighted by atomic mass is 9.81. The van der Waals surface area contributed by atoms with E-state index >= 15 is 0 Å². The summed E-state index contributed by atoms with van der Waals surface area (Å²) in [6.45, 7) is -0.862. The molecule has 0 saturated heterocycles. The number of aromatic nitrogens is 6. The average molecular weight is 619 g/mol.